The van der Waals surface area contributed by atoms with Crippen molar-refractivity contribution < 1.29 is 4.79 Å². The van der Waals surface area contributed by atoms with E-state index in [1.54, 1.807) is 0 Å². The zero-order chi connectivity index (χ0) is 15.7. The van der Waals surface area contributed by atoms with Gasteiger partial charge in [0.05, 0.1) is 5.92 Å². The largest absolute Gasteiger partial charge is 0.342 e. The van der Waals surface area contributed by atoms with Crippen LogP contribution < -0.4 is 5.73 Å². The minimum absolute atomic E-state index is 0. The van der Waals surface area contributed by atoms with Crippen LogP contribution in [-0.2, 0) is 4.79 Å². The van der Waals surface area contributed by atoms with Gasteiger partial charge in [-0.15, -0.1) is 35.0 Å². The molecular formula is C16H25Cl2N5O. The summed E-state index contributed by atoms with van der Waals surface area (Å²) in [6, 6.07) is 5.75. The van der Waals surface area contributed by atoms with Crippen LogP contribution in [0.2, 0.25) is 0 Å². The fourth-order valence-corrected chi connectivity index (χ4v) is 3.04. The highest BCUT2D eigenvalue weighted by Gasteiger charge is 2.30. The third-order valence-corrected chi connectivity index (χ3v) is 4.62. The Morgan fingerprint density at radius 3 is 2.75 bits per heavy atom. The zero-order valence-electron chi connectivity index (χ0n) is 14.0. The molecule has 0 aliphatic carbocycles. The summed E-state index contributed by atoms with van der Waals surface area (Å²) in [4.78, 5) is 14.5. The van der Waals surface area contributed by atoms with Gasteiger partial charge in [-0.25, -0.2) is 0 Å². The molecule has 3 heterocycles. The molecule has 0 saturated carbocycles. The van der Waals surface area contributed by atoms with Crippen LogP contribution in [0.15, 0.2) is 24.4 Å². The van der Waals surface area contributed by atoms with Gasteiger partial charge in [-0.2, -0.15) is 0 Å². The molecule has 2 N–H and O–H groups in total. The molecule has 6 nitrogen and oxygen atoms in total. The number of nitrogens with zero attached hydrogens (tertiary/aromatic N) is 4. The van der Waals surface area contributed by atoms with Gasteiger partial charge >= 0.3 is 0 Å². The van der Waals surface area contributed by atoms with Crippen molar-refractivity contribution in [3.05, 3.63) is 30.2 Å². The Morgan fingerprint density at radius 2 is 2.04 bits per heavy atom. The lowest BCUT2D eigenvalue weighted by Crippen LogP contribution is -2.45. The monoisotopic (exact) mass is 373 g/mol. The van der Waals surface area contributed by atoms with E-state index < -0.39 is 0 Å². The number of pyridine rings is 1. The normalized spacial score (nSPS) is 20.0. The summed E-state index contributed by atoms with van der Waals surface area (Å²) in [7, 11) is 0. The number of rotatable bonds is 3. The second kappa shape index (κ2) is 8.65. The maximum absolute atomic E-state index is 12.5. The van der Waals surface area contributed by atoms with Gasteiger partial charge in [0.25, 0.3) is 0 Å². The Labute approximate surface area is 154 Å². The molecule has 8 heteroatoms. The Kier molecular flexibility index (Phi) is 7.45. The highest BCUT2D eigenvalue weighted by Crippen LogP contribution is 2.27. The molecule has 1 aliphatic rings. The lowest BCUT2D eigenvalue weighted by atomic mass is 9.94. The minimum atomic E-state index is -0.145. The summed E-state index contributed by atoms with van der Waals surface area (Å²) in [6.45, 7) is 5.30. The van der Waals surface area contributed by atoms with Gasteiger partial charge in [-0.05, 0) is 31.9 Å². The third kappa shape index (κ3) is 3.99. The summed E-state index contributed by atoms with van der Waals surface area (Å²) in [5.74, 6) is 1.18. The van der Waals surface area contributed by atoms with E-state index >= 15 is 0 Å². The van der Waals surface area contributed by atoms with Crippen molar-refractivity contribution in [2.75, 3.05) is 13.1 Å². The summed E-state index contributed by atoms with van der Waals surface area (Å²) in [6.07, 6.45) is 4.01. The number of nitrogens with two attached hydrogens (primary N) is 1. The highest BCUT2D eigenvalue weighted by molar-refractivity contribution is 5.85. The average Bonchev–Trinajstić information content (AvgIpc) is 2.97. The number of likely N-dealkylation sites (tertiary alicyclic amines) is 1. The first-order valence-electron chi connectivity index (χ1n) is 7.92. The van der Waals surface area contributed by atoms with Crippen molar-refractivity contribution in [2.45, 2.75) is 38.6 Å². The minimum Gasteiger partial charge on any atom is -0.342 e. The molecule has 1 amide bonds. The van der Waals surface area contributed by atoms with Crippen LogP contribution in [-0.4, -0.2) is 44.5 Å². The molecule has 3 rings (SSSR count). The predicted molar refractivity (Wildman–Crippen MR) is 98.9 cm³/mol. The topological polar surface area (TPSA) is 76.5 Å². The predicted octanol–water partition coefficient (Wildman–Crippen LogP) is 2.26. The first-order chi connectivity index (χ1) is 10.6. The van der Waals surface area contributed by atoms with E-state index in [1.807, 2.05) is 47.5 Å². The number of amides is 1. The molecule has 1 fully saturated rings. The van der Waals surface area contributed by atoms with Crippen LogP contribution in [0.5, 0.6) is 0 Å². The molecule has 134 valence electrons. The molecule has 3 atom stereocenters. The molecular weight excluding hydrogens is 349 g/mol. The van der Waals surface area contributed by atoms with E-state index in [4.69, 9.17) is 5.73 Å². The summed E-state index contributed by atoms with van der Waals surface area (Å²) in [5, 5.41) is 8.56. The molecule has 1 aliphatic heterocycles. The Morgan fingerprint density at radius 1 is 1.29 bits per heavy atom. The molecule has 0 aromatic carbocycles. The van der Waals surface area contributed by atoms with Crippen LogP contribution >= 0.6 is 24.8 Å². The summed E-state index contributed by atoms with van der Waals surface area (Å²) in [5.41, 5.74) is 6.72. The molecule has 2 aromatic rings. The average molecular weight is 374 g/mol. The van der Waals surface area contributed by atoms with Crippen molar-refractivity contribution in [3.8, 4) is 0 Å². The van der Waals surface area contributed by atoms with E-state index in [-0.39, 0.29) is 48.6 Å². The molecule has 2 aromatic heterocycles. The number of aromatic nitrogens is 3. The highest BCUT2D eigenvalue weighted by atomic mass is 35.5. The van der Waals surface area contributed by atoms with Gasteiger partial charge in [0, 0.05) is 31.2 Å². The molecule has 0 radical (unpaired) electrons. The van der Waals surface area contributed by atoms with Gasteiger partial charge in [0.15, 0.2) is 5.65 Å². The number of carbonyl (C=O) groups is 1. The lowest BCUT2D eigenvalue weighted by molar-refractivity contribution is -0.136. The van der Waals surface area contributed by atoms with Crippen LogP contribution in [0.25, 0.3) is 5.65 Å². The SMILES string of the molecule is CC(N)C(C)C(=O)N1CCCC(c2nnc3ccccn23)C1.Cl.Cl. The standard InChI is InChI=1S/C16H23N5O.2ClH/c1-11(12(2)17)16(22)20-8-5-6-13(10-20)15-19-18-14-7-3-4-9-21(14)15;;/h3-4,7,9,11-13H,5-6,8,10,17H2,1-2H3;2*1H. The first-order valence-corrected chi connectivity index (χ1v) is 7.92. The van der Waals surface area contributed by atoms with Crippen molar-refractivity contribution in [1.29, 1.82) is 0 Å². The summed E-state index contributed by atoms with van der Waals surface area (Å²) < 4.78 is 2.02. The van der Waals surface area contributed by atoms with E-state index in [1.165, 1.54) is 0 Å². The van der Waals surface area contributed by atoms with Gasteiger partial charge in [-0.3, -0.25) is 9.20 Å². The summed E-state index contributed by atoms with van der Waals surface area (Å²) >= 11 is 0. The van der Waals surface area contributed by atoms with Crippen LogP contribution in [0, 0.1) is 5.92 Å². The van der Waals surface area contributed by atoms with Crippen molar-refractivity contribution in [1.82, 2.24) is 19.5 Å². The van der Waals surface area contributed by atoms with Gasteiger partial charge in [0.2, 0.25) is 5.91 Å². The molecule has 24 heavy (non-hydrogen) atoms. The fraction of sp³-hybridized carbons (Fsp3) is 0.562. The zero-order valence-corrected chi connectivity index (χ0v) is 15.6. The number of hydrogen-bond acceptors (Lipinski definition) is 4. The quantitative estimate of drug-likeness (QED) is 0.894. The van der Waals surface area contributed by atoms with Gasteiger partial charge in [0.1, 0.15) is 5.82 Å². The fourth-order valence-electron chi connectivity index (χ4n) is 3.04. The molecule has 3 unspecified atom stereocenters. The molecule has 0 spiro atoms. The van der Waals surface area contributed by atoms with Crippen LogP contribution in [0.3, 0.4) is 0 Å². The number of hydrogen-bond donors (Lipinski definition) is 1. The first kappa shape index (κ1) is 20.7. The second-order valence-electron chi connectivity index (χ2n) is 6.26. The Hall–Kier alpha value is -1.37. The number of piperidine rings is 1. The smallest absolute Gasteiger partial charge is 0.226 e. The maximum atomic E-state index is 12.5. The van der Waals surface area contributed by atoms with E-state index in [9.17, 15) is 4.79 Å². The maximum Gasteiger partial charge on any atom is 0.226 e. The Balaban J connectivity index is 0.00000144. The second-order valence-corrected chi connectivity index (χ2v) is 6.26. The number of carbonyl (C=O) groups excluding carboxylic acids is 1. The number of halogens is 2. The third-order valence-electron chi connectivity index (χ3n) is 4.62. The number of fused-ring (bicyclic) bond motifs is 1. The van der Waals surface area contributed by atoms with E-state index in [0.717, 1.165) is 30.9 Å². The van der Waals surface area contributed by atoms with Crippen LogP contribution in [0.4, 0.5) is 0 Å². The van der Waals surface area contributed by atoms with E-state index in [2.05, 4.69) is 10.2 Å². The molecule has 1 saturated heterocycles. The van der Waals surface area contributed by atoms with Crippen molar-refractivity contribution in [3.63, 3.8) is 0 Å². The van der Waals surface area contributed by atoms with Gasteiger partial charge in [-0.1, -0.05) is 13.0 Å². The van der Waals surface area contributed by atoms with Crippen molar-refractivity contribution in [2.24, 2.45) is 11.7 Å². The van der Waals surface area contributed by atoms with Gasteiger partial charge < -0.3 is 10.6 Å². The Bertz CT molecular complexity index is 675. The molecule has 0 bridgehead atoms. The van der Waals surface area contributed by atoms with Crippen LogP contribution in [0.1, 0.15) is 38.4 Å². The van der Waals surface area contributed by atoms with E-state index in [0.29, 0.717) is 6.54 Å². The lowest BCUT2D eigenvalue weighted by Gasteiger charge is -2.34. The van der Waals surface area contributed by atoms with Crippen molar-refractivity contribution >= 4 is 36.4 Å².